The highest BCUT2D eigenvalue weighted by Gasteiger charge is 2.18. The van der Waals surface area contributed by atoms with Gasteiger partial charge in [0.2, 0.25) is 5.91 Å². The lowest BCUT2D eigenvalue weighted by Gasteiger charge is -2.18. The van der Waals surface area contributed by atoms with Crippen molar-refractivity contribution < 1.29 is 14.7 Å². The van der Waals surface area contributed by atoms with Crippen LogP contribution in [0.5, 0.6) is 0 Å². The number of benzene rings is 2. The van der Waals surface area contributed by atoms with Crippen LogP contribution in [0.2, 0.25) is 20.1 Å². The van der Waals surface area contributed by atoms with Gasteiger partial charge in [-0.15, -0.1) is 0 Å². The lowest BCUT2D eigenvalue weighted by Crippen LogP contribution is -2.39. The van der Waals surface area contributed by atoms with Crippen molar-refractivity contribution in [3.63, 3.8) is 0 Å². The first-order valence-corrected chi connectivity index (χ1v) is 9.15. The molecule has 0 spiro atoms. The van der Waals surface area contributed by atoms with E-state index in [2.05, 4.69) is 5.32 Å². The SMILES string of the molecule is O=C(O)CC(Cc1ccc(Cl)c(Cl)c1)NC(=O)Cc1cccc(Cl)c1Cl. The smallest absolute Gasteiger partial charge is 0.305 e. The molecule has 0 aliphatic rings. The maximum atomic E-state index is 12.3. The molecule has 8 heteroatoms. The van der Waals surface area contributed by atoms with E-state index in [9.17, 15) is 9.59 Å². The van der Waals surface area contributed by atoms with Gasteiger partial charge < -0.3 is 10.4 Å². The van der Waals surface area contributed by atoms with E-state index in [1.54, 1.807) is 36.4 Å². The van der Waals surface area contributed by atoms with E-state index >= 15 is 0 Å². The minimum atomic E-state index is -1.02. The second-order valence-corrected chi connectivity index (χ2v) is 7.30. The first-order chi connectivity index (χ1) is 12.3. The summed E-state index contributed by atoms with van der Waals surface area (Å²) < 4.78 is 0. The minimum absolute atomic E-state index is 0.00309. The fraction of sp³-hybridized carbons (Fsp3) is 0.222. The summed E-state index contributed by atoms with van der Waals surface area (Å²) in [4.78, 5) is 23.4. The molecule has 0 fully saturated rings. The average Bonchev–Trinajstić information content (AvgIpc) is 2.54. The van der Waals surface area contributed by atoms with Crippen molar-refractivity contribution in [3.8, 4) is 0 Å². The molecule has 2 rings (SSSR count). The largest absolute Gasteiger partial charge is 0.481 e. The molecule has 1 unspecified atom stereocenters. The van der Waals surface area contributed by atoms with Crippen molar-refractivity contribution in [1.29, 1.82) is 0 Å². The summed E-state index contributed by atoms with van der Waals surface area (Å²) >= 11 is 23.9. The van der Waals surface area contributed by atoms with Crippen LogP contribution in [0.1, 0.15) is 17.5 Å². The zero-order valence-corrected chi connectivity index (χ0v) is 16.5. The van der Waals surface area contributed by atoms with Crippen molar-refractivity contribution >= 4 is 58.3 Å². The number of nitrogens with one attached hydrogen (secondary N) is 1. The predicted octanol–water partition coefficient (Wildman–Crippen LogP) is 5.04. The van der Waals surface area contributed by atoms with Gasteiger partial charge in [0.15, 0.2) is 0 Å². The molecule has 4 nitrogen and oxygen atoms in total. The Kier molecular flexibility index (Phi) is 7.59. The molecule has 2 aromatic carbocycles. The third-order valence-corrected chi connectivity index (χ3v) is 5.23. The van der Waals surface area contributed by atoms with Crippen LogP contribution in [0.15, 0.2) is 36.4 Å². The highest BCUT2D eigenvalue weighted by molar-refractivity contribution is 6.42. The van der Waals surface area contributed by atoms with Crippen molar-refractivity contribution in [2.45, 2.75) is 25.3 Å². The summed E-state index contributed by atoms with van der Waals surface area (Å²) in [5.74, 6) is -1.36. The predicted molar refractivity (Wildman–Crippen MR) is 105 cm³/mol. The molecule has 2 N–H and O–H groups in total. The van der Waals surface area contributed by atoms with Crippen LogP contribution in [0.4, 0.5) is 0 Å². The Morgan fingerprint density at radius 3 is 2.38 bits per heavy atom. The number of halogens is 4. The van der Waals surface area contributed by atoms with Crippen molar-refractivity contribution in [3.05, 3.63) is 67.6 Å². The molecule has 1 amide bonds. The third kappa shape index (κ3) is 6.06. The summed E-state index contributed by atoms with van der Waals surface area (Å²) in [7, 11) is 0. The van der Waals surface area contributed by atoms with Gasteiger partial charge in [-0.3, -0.25) is 9.59 Å². The van der Waals surface area contributed by atoms with Crippen LogP contribution in [0, 0.1) is 0 Å². The second kappa shape index (κ2) is 9.47. The topological polar surface area (TPSA) is 66.4 Å². The Labute approximate surface area is 171 Å². The highest BCUT2D eigenvalue weighted by Crippen LogP contribution is 2.26. The monoisotopic (exact) mass is 433 g/mol. The first kappa shape index (κ1) is 20.8. The first-order valence-electron chi connectivity index (χ1n) is 7.64. The number of hydrogen-bond acceptors (Lipinski definition) is 2. The molecular formula is C18H15Cl4NO3. The van der Waals surface area contributed by atoms with E-state index in [4.69, 9.17) is 51.5 Å². The Hall–Kier alpha value is -1.46. The number of carboxylic acid groups (broad SMARTS) is 1. The summed E-state index contributed by atoms with van der Waals surface area (Å²) in [5.41, 5.74) is 1.34. The molecule has 0 heterocycles. The number of carbonyl (C=O) groups excluding carboxylic acids is 1. The minimum Gasteiger partial charge on any atom is -0.481 e. The molecule has 0 saturated carbocycles. The van der Waals surface area contributed by atoms with Crippen LogP contribution < -0.4 is 5.32 Å². The molecule has 138 valence electrons. The number of carboxylic acids is 1. The number of hydrogen-bond donors (Lipinski definition) is 2. The number of amides is 1. The molecule has 1 atom stereocenters. The van der Waals surface area contributed by atoms with Crippen molar-refractivity contribution in [1.82, 2.24) is 5.32 Å². The Balaban J connectivity index is 2.08. The zero-order chi connectivity index (χ0) is 19.3. The van der Waals surface area contributed by atoms with Crippen LogP contribution >= 0.6 is 46.4 Å². The molecule has 0 bridgehead atoms. The van der Waals surface area contributed by atoms with Crippen LogP contribution in [-0.4, -0.2) is 23.0 Å². The summed E-state index contributed by atoms with van der Waals surface area (Å²) in [6.07, 6.45) is 0.0738. The molecule has 0 aliphatic heterocycles. The molecule has 0 radical (unpaired) electrons. The fourth-order valence-electron chi connectivity index (χ4n) is 2.47. The van der Waals surface area contributed by atoms with Crippen LogP contribution in [0.25, 0.3) is 0 Å². The molecule has 0 aliphatic carbocycles. The average molecular weight is 435 g/mol. The van der Waals surface area contributed by atoms with Crippen molar-refractivity contribution in [2.75, 3.05) is 0 Å². The van der Waals surface area contributed by atoms with E-state index in [1.165, 1.54) is 0 Å². The van der Waals surface area contributed by atoms with Crippen molar-refractivity contribution in [2.24, 2.45) is 0 Å². The maximum absolute atomic E-state index is 12.3. The van der Waals surface area contributed by atoms with Gasteiger partial charge in [0.25, 0.3) is 0 Å². The van der Waals surface area contributed by atoms with Gasteiger partial charge in [-0.1, -0.05) is 64.6 Å². The Morgan fingerprint density at radius 2 is 1.73 bits per heavy atom. The lowest BCUT2D eigenvalue weighted by atomic mass is 10.0. The zero-order valence-electron chi connectivity index (χ0n) is 13.4. The molecule has 0 saturated heterocycles. The maximum Gasteiger partial charge on any atom is 0.305 e. The van der Waals surface area contributed by atoms with Crippen LogP contribution in [0.3, 0.4) is 0 Å². The van der Waals surface area contributed by atoms with Gasteiger partial charge in [-0.2, -0.15) is 0 Å². The van der Waals surface area contributed by atoms with E-state index in [1.807, 2.05) is 0 Å². The Bertz CT molecular complexity index is 826. The standard InChI is InChI=1S/C18H15Cl4NO3/c19-13-5-4-10(7-15(13)21)6-12(9-17(25)26)23-16(24)8-11-2-1-3-14(20)18(11)22/h1-5,7,12H,6,8-9H2,(H,23,24)(H,25,26). The molecule has 0 aromatic heterocycles. The summed E-state index contributed by atoms with van der Waals surface area (Å²) in [5, 5.41) is 13.3. The van der Waals surface area contributed by atoms with Gasteiger partial charge in [0, 0.05) is 6.04 Å². The van der Waals surface area contributed by atoms with Gasteiger partial charge in [0.05, 0.1) is 32.9 Å². The number of rotatable bonds is 7. The second-order valence-electron chi connectivity index (χ2n) is 5.70. The van der Waals surface area contributed by atoms with E-state index < -0.39 is 12.0 Å². The quantitative estimate of drug-likeness (QED) is 0.640. The number of aliphatic carboxylic acids is 1. The van der Waals surface area contributed by atoms with Crippen LogP contribution in [-0.2, 0) is 22.4 Å². The molecule has 26 heavy (non-hydrogen) atoms. The summed E-state index contributed by atoms with van der Waals surface area (Å²) in [6, 6.07) is 9.44. The van der Waals surface area contributed by atoms with Gasteiger partial charge in [-0.25, -0.2) is 0 Å². The van der Waals surface area contributed by atoms with Gasteiger partial charge in [-0.05, 0) is 35.7 Å². The van der Waals surface area contributed by atoms with E-state index in [0.717, 1.165) is 5.56 Å². The molecule has 2 aromatic rings. The third-order valence-electron chi connectivity index (χ3n) is 3.63. The summed E-state index contributed by atoms with van der Waals surface area (Å²) in [6.45, 7) is 0. The fourth-order valence-corrected chi connectivity index (χ4v) is 3.18. The highest BCUT2D eigenvalue weighted by atomic mass is 35.5. The lowest BCUT2D eigenvalue weighted by molar-refractivity contribution is -0.137. The normalized spacial score (nSPS) is 11.8. The number of carbonyl (C=O) groups is 2. The van der Waals surface area contributed by atoms with Gasteiger partial charge >= 0.3 is 5.97 Å². The van der Waals surface area contributed by atoms with Gasteiger partial charge in [0.1, 0.15) is 0 Å². The Morgan fingerprint density at radius 1 is 1.00 bits per heavy atom. The molecular weight excluding hydrogens is 420 g/mol. The van der Waals surface area contributed by atoms with E-state index in [0.29, 0.717) is 32.1 Å². The van der Waals surface area contributed by atoms with E-state index in [-0.39, 0.29) is 18.7 Å².